The number of halogens is 1. The van der Waals surface area contributed by atoms with E-state index in [2.05, 4.69) is 11.4 Å². The van der Waals surface area contributed by atoms with Crippen molar-refractivity contribution in [1.29, 1.82) is 5.26 Å². The molecule has 0 aromatic heterocycles. The van der Waals surface area contributed by atoms with Crippen LogP contribution in [0.2, 0.25) is 0 Å². The van der Waals surface area contributed by atoms with Crippen molar-refractivity contribution >= 4 is 5.97 Å². The summed E-state index contributed by atoms with van der Waals surface area (Å²) in [6.45, 7) is 3.83. The third-order valence-electron chi connectivity index (χ3n) is 7.38. The molecule has 1 unspecified atom stereocenters. The molecule has 9 nitrogen and oxygen atoms in total. The van der Waals surface area contributed by atoms with Crippen LogP contribution in [0.25, 0.3) is 11.1 Å². The summed E-state index contributed by atoms with van der Waals surface area (Å²) in [5, 5.41) is 31.1. The molecule has 5 rings (SSSR count). The Kier molecular flexibility index (Phi) is 10.1. The Balaban J connectivity index is 1.31. The summed E-state index contributed by atoms with van der Waals surface area (Å²) >= 11 is 0. The first-order chi connectivity index (χ1) is 21.8. The molecule has 0 bridgehead atoms. The molecule has 4 aromatic carbocycles. The number of carbonyl (C=O) groups is 1. The molecule has 1 atom stereocenters. The van der Waals surface area contributed by atoms with E-state index >= 15 is 0 Å². The number of fused-ring (bicyclic) bond motifs is 1. The number of carboxylic acids is 1. The Bertz CT molecular complexity index is 1720. The summed E-state index contributed by atoms with van der Waals surface area (Å²) in [6.07, 6.45) is -1.41. The number of nitrogens with one attached hydrogen (secondary N) is 1. The molecular formula is C35H33FN2O7. The molecule has 0 saturated carbocycles. The highest BCUT2D eigenvalue weighted by Crippen LogP contribution is 2.36. The third-order valence-corrected chi connectivity index (χ3v) is 7.38. The molecule has 232 valence electrons. The molecule has 0 amide bonds. The van der Waals surface area contributed by atoms with Gasteiger partial charge in [-0.25, -0.2) is 4.39 Å². The van der Waals surface area contributed by atoms with Crippen molar-refractivity contribution in [2.75, 3.05) is 19.8 Å². The molecule has 0 aliphatic carbocycles. The molecule has 10 heteroatoms. The van der Waals surface area contributed by atoms with Crippen LogP contribution in [0.1, 0.15) is 34.2 Å². The first-order valence-electron chi connectivity index (χ1n) is 14.5. The number of hydrogen-bond donors (Lipinski definition) is 3. The van der Waals surface area contributed by atoms with Gasteiger partial charge in [0.25, 0.3) is 0 Å². The van der Waals surface area contributed by atoms with Gasteiger partial charge >= 0.3 is 5.97 Å². The van der Waals surface area contributed by atoms with E-state index in [1.165, 1.54) is 12.1 Å². The van der Waals surface area contributed by atoms with E-state index in [1.807, 2.05) is 55.5 Å². The number of nitriles is 1. The number of aliphatic hydroxyl groups is 1. The quantitative estimate of drug-likeness (QED) is 0.179. The second-order valence-electron chi connectivity index (χ2n) is 10.6. The molecule has 1 heterocycles. The first kappa shape index (κ1) is 31.3. The SMILES string of the molecule is Cc1c(COc2ccc(CNCC(O)CC(=O)O)c(OCc3ccc(F)c(C#N)c3)c2)cccc1-c1ccc2c(c1)OCCO2. The normalized spacial score (nSPS) is 12.7. The van der Waals surface area contributed by atoms with Gasteiger partial charge < -0.3 is 34.5 Å². The number of rotatable bonds is 13. The topological polar surface area (TPSA) is 130 Å². The zero-order valence-electron chi connectivity index (χ0n) is 24.7. The van der Waals surface area contributed by atoms with Crippen LogP contribution >= 0.6 is 0 Å². The maximum absolute atomic E-state index is 13.8. The molecule has 1 aliphatic rings. The van der Waals surface area contributed by atoms with Crippen LogP contribution in [0, 0.1) is 24.1 Å². The number of ether oxygens (including phenoxy) is 4. The number of aliphatic hydroxyl groups excluding tert-OH is 1. The maximum atomic E-state index is 13.8. The minimum absolute atomic E-state index is 0.0728. The monoisotopic (exact) mass is 612 g/mol. The summed E-state index contributed by atoms with van der Waals surface area (Å²) in [4.78, 5) is 10.9. The molecule has 4 aromatic rings. The number of carboxylic acid groups (broad SMARTS) is 1. The van der Waals surface area contributed by atoms with Crippen molar-refractivity contribution in [2.24, 2.45) is 0 Å². The molecule has 45 heavy (non-hydrogen) atoms. The van der Waals surface area contributed by atoms with E-state index in [0.717, 1.165) is 39.3 Å². The highest BCUT2D eigenvalue weighted by molar-refractivity contribution is 5.71. The summed E-state index contributed by atoms with van der Waals surface area (Å²) in [6, 6.07) is 23.4. The smallest absolute Gasteiger partial charge is 0.306 e. The van der Waals surface area contributed by atoms with Crippen LogP contribution in [0.4, 0.5) is 4.39 Å². The minimum Gasteiger partial charge on any atom is -0.489 e. The molecule has 0 spiro atoms. The van der Waals surface area contributed by atoms with Crippen molar-refractivity contribution < 1.29 is 38.3 Å². The van der Waals surface area contributed by atoms with Gasteiger partial charge in [0.05, 0.1) is 18.1 Å². The van der Waals surface area contributed by atoms with Gasteiger partial charge in [0.15, 0.2) is 11.5 Å². The fourth-order valence-electron chi connectivity index (χ4n) is 4.99. The molecule has 0 fully saturated rings. The average molecular weight is 613 g/mol. The van der Waals surface area contributed by atoms with Crippen molar-refractivity contribution in [2.45, 2.75) is 39.2 Å². The third kappa shape index (κ3) is 8.09. The summed E-state index contributed by atoms with van der Waals surface area (Å²) in [5.41, 5.74) is 5.41. The van der Waals surface area contributed by atoms with Gasteiger partial charge in [-0.3, -0.25) is 4.79 Å². The van der Waals surface area contributed by atoms with E-state index in [1.54, 1.807) is 12.1 Å². The molecule has 3 N–H and O–H groups in total. The summed E-state index contributed by atoms with van der Waals surface area (Å²) < 4.78 is 37.5. The number of benzene rings is 4. The second kappa shape index (κ2) is 14.6. The van der Waals surface area contributed by atoms with Crippen molar-refractivity contribution in [3.8, 4) is 40.2 Å². The molecule has 0 saturated heterocycles. The minimum atomic E-state index is -1.09. The Morgan fingerprint density at radius 2 is 1.82 bits per heavy atom. The van der Waals surface area contributed by atoms with Crippen LogP contribution in [0.5, 0.6) is 23.0 Å². The van der Waals surface area contributed by atoms with Crippen molar-refractivity contribution in [3.63, 3.8) is 0 Å². The Morgan fingerprint density at radius 3 is 2.62 bits per heavy atom. The highest BCUT2D eigenvalue weighted by Gasteiger charge is 2.15. The Hall–Kier alpha value is -5.11. The van der Waals surface area contributed by atoms with E-state index in [0.29, 0.717) is 36.9 Å². The first-order valence-corrected chi connectivity index (χ1v) is 14.5. The second-order valence-corrected chi connectivity index (χ2v) is 10.6. The predicted octanol–water partition coefficient (Wildman–Crippen LogP) is 5.53. The highest BCUT2D eigenvalue weighted by atomic mass is 19.1. The van der Waals surface area contributed by atoms with Crippen molar-refractivity contribution in [3.05, 3.63) is 106 Å². The number of aliphatic carboxylic acids is 1. The van der Waals surface area contributed by atoms with Crippen LogP contribution < -0.4 is 24.3 Å². The Labute approximate surface area is 260 Å². The molecular weight excluding hydrogens is 579 g/mol. The van der Waals surface area contributed by atoms with E-state index in [9.17, 15) is 19.6 Å². The fraction of sp³-hybridized carbons (Fsp3) is 0.257. The maximum Gasteiger partial charge on any atom is 0.306 e. The fourth-order valence-corrected chi connectivity index (χ4v) is 4.99. The Morgan fingerprint density at radius 1 is 1.00 bits per heavy atom. The lowest BCUT2D eigenvalue weighted by atomic mass is 9.96. The number of hydrogen-bond acceptors (Lipinski definition) is 8. The van der Waals surface area contributed by atoms with Gasteiger partial charge in [-0.1, -0.05) is 36.4 Å². The van der Waals surface area contributed by atoms with Gasteiger partial charge in [0.1, 0.15) is 49.8 Å². The zero-order valence-corrected chi connectivity index (χ0v) is 24.7. The lowest BCUT2D eigenvalue weighted by molar-refractivity contribution is -0.139. The van der Waals surface area contributed by atoms with Crippen LogP contribution in [-0.2, 0) is 24.6 Å². The summed E-state index contributed by atoms with van der Waals surface area (Å²) in [5.74, 6) is 0.814. The standard InChI is InChI=1S/C35H33FN2O7/c1-22-26(3-2-4-30(22)24-7-10-32-34(14-24)43-12-11-42-32)21-44-29-8-6-25(18-38-19-28(39)15-35(40)41)33(16-29)45-20-23-5-9-31(36)27(13-23)17-37/h2-10,13-14,16,28,38-39H,11-12,15,18-21H2,1H3,(H,40,41). The van der Waals surface area contributed by atoms with E-state index in [-0.39, 0.29) is 31.7 Å². The van der Waals surface area contributed by atoms with Gasteiger partial charge in [-0.15, -0.1) is 0 Å². The molecule has 0 radical (unpaired) electrons. The van der Waals surface area contributed by atoms with Gasteiger partial charge in [0.2, 0.25) is 0 Å². The van der Waals surface area contributed by atoms with Crippen LogP contribution in [-0.4, -0.2) is 42.0 Å². The van der Waals surface area contributed by atoms with Gasteiger partial charge in [-0.05, 0) is 65.1 Å². The van der Waals surface area contributed by atoms with Gasteiger partial charge in [0, 0.05) is 24.7 Å². The van der Waals surface area contributed by atoms with E-state index < -0.39 is 17.9 Å². The summed E-state index contributed by atoms with van der Waals surface area (Å²) in [7, 11) is 0. The van der Waals surface area contributed by atoms with Gasteiger partial charge in [-0.2, -0.15) is 5.26 Å². The largest absolute Gasteiger partial charge is 0.489 e. The lowest BCUT2D eigenvalue weighted by Gasteiger charge is -2.20. The number of nitrogens with zero attached hydrogens (tertiary/aromatic N) is 1. The van der Waals surface area contributed by atoms with E-state index in [4.69, 9.17) is 24.1 Å². The lowest BCUT2D eigenvalue weighted by Crippen LogP contribution is -2.28. The zero-order chi connectivity index (χ0) is 31.8. The van der Waals surface area contributed by atoms with Crippen molar-refractivity contribution in [1.82, 2.24) is 5.32 Å². The molecule has 1 aliphatic heterocycles. The predicted molar refractivity (Wildman–Crippen MR) is 164 cm³/mol. The van der Waals surface area contributed by atoms with Crippen LogP contribution in [0.3, 0.4) is 0 Å². The van der Waals surface area contributed by atoms with Crippen LogP contribution in [0.15, 0.2) is 72.8 Å². The average Bonchev–Trinajstić information content (AvgIpc) is 3.04.